The fourth-order valence-electron chi connectivity index (χ4n) is 2.63. The summed E-state index contributed by atoms with van der Waals surface area (Å²) in [5, 5.41) is 2.33. The Labute approximate surface area is 158 Å². The number of nitrogens with zero attached hydrogens (tertiary/aromatic N) is 1. The Kier molecular flexibility index (Phi) is 6.07. The number of hydrogen-bond donors (Lipinski definition) is 1. The van der Waals surface area contributed by atoms with Gasteiger partial charge in [-0.2, -0.15) is 13.2 Å². The van der Waals surface area contributed by atoms with E-state index < -0.39 is 29.2 Å². The van der Waals surface area contributed by atoms with Gasteiger partial charge in [0, 0.05) is 21.0 Å². The van der Waals surface area contributed by atoms with E-state index in [-0.39, 0.29) is 22.7 Å². The number of nitrogens with one attached hydrogen (secondary N) is 1. The van der Waals surface area contributed by atoms with Crippen LogP contribution in [0.1, 0.15) is 33.2 Å². The summed E-state index contributed by atoms with van der Waals surface area (Å²) in [6, 6.07) is 6.94. The van der Waals surface area contributed by atoms with Crippen LogP contribution in [-0.4, -0.2) is 32.3 Å². The number of ether oxygens (including phenoxy) is 1. The molecule has 0 aliphatic rings. The zero-order valence-corrected chi connectivity index (χ0v) is 15.3. The van der Waals surface area contributed by atoms with Crippen LogP contribution >= 0.6 is 0 Å². The molecule has 0 radical (unpaired) electrons. The molecule has 1 N–H and O–H groups in total. The van der Waals surface area contributed by atoms with Gasteiger partial charge in [-0.25, -0.2) is 0 Å². The van der Waals surface area contributed by atoms with E-state index in [4.69, 9.17) is 4.74 Å². The van der Waals surface area contributed by atoms with Gasteiger partial charge >= 0.3 is 12.1 Å². The van der Waals surface area contributed by atoms with Gasteiger partial charge in [0.05, 0.1) is 28.1 Å². The largest absolute Gasteiger partial charge is 0.424 e. The standard InChI is InChI=1S/C19H17F3N2O4/c1-11(26)28-16-9-8-15(13(10-25)17(16)24(2)3)23-18(27)12-6-4-5-7-14(12)19(20,21)22/h4-10H,1-3H3,(H,23,27). The molecular formula is C19H17F3N2O4. The third-order valence-electron chi connectivity index (χ3n) is 3.72. The predicted octanol–water partition coefficient (Wildman–Crippen LogP) is 3.76. The number of hydrogen-bond acceptors (Lipinski definition) is 5. The molecule has 0 unspecified atom stereocenters. The molecule has 0 saturated carbocycles. The summed E-state index contributed by atoms with van der Waals surface area (Å²) in [5.74, 6) is -1.56. The molecule has 2 aromatic rings. The third kappa shape index (κ3) is 4.48. The Hall–Kier alpha value is -3.36. The summed E-state index contributed by atoms with van der Waals surface area (Å²) in [6.45, 7) is 1.18. The maximum Gasteiger partial charge on any atom is 0.417 e. The van der Waals surface area contributed by atoms with E-state index in [2.05, 4.69) is 5.32 Å². The lowest BCUT2D eigenvalue weighted by Crippen LogP contribution is -2.21. The monoisotopic (exact) mass is 394 g/mol. The van der Waals surface area contributed by atoms with E-state index in [0.29, 0.717) is 6.29 Å². The van der Waals surface area contributed by atoms with Crippen molar-refractivity contribution in [2.75, 3.05) is 24.3 Å². The minimum Gasteiger partial charge on any atom is -0.424 e. The van der Waals surface area contributed by atoms with Gasteiger partial charge in [0.15, 0.2) is 12.0 Å². The van der Waals surface area contributed by atoms with Gasteiger partial charge in [-0.1, -0.05) is 12.1 Å². The molecular weight excluding hydrogens is 377 g/mol. The van der Waals surface area contributed by atoms with Crippen LogP contribution in [0.4, 0.5) is 24.5 Å². The molecule has 0 heterocycles. The Balaban J connectivity index is 2.50. The van der Waals surface area contributed by atoms with Gasteiger partial charge in [0.2, 0.25) is 0 Å². The number of esters is 1. The number of rotatable bonds is 5. The lowest BCUT2D eigenvalue weighted by Gasteiger charge is -2.21. The van der Waals surface area contributed by atoms with Crippen molar-refractivity contribution in [1.82, 2.24) is 0 Å². The van der Waals surface area contributed by atoms with E-state index in [1.54, 1.807) is 14.1 Å². The van der Waals surface area contributed by atoms with Crippen LogP contribution in [0, 0.1) is 0 Å². The van der Waals surface area contributed by atoms with Gasteiger partial charge in [-0.15, -0.1) is 0 Å². The number of anilines is 2. The van der Waals surface area contributed by atoms with E-state index >= 15 is 0 Å². The van der Waals surface area contributed by atoms with Crippen LogP contribution < -0.4 is 15.0 Å². The number of halogens is 3. The average Bonchev–Trinajstić information content (AvgIpc) is 2.61. The Morgan fingerprint density at radius 1 is 1.11 bits per heavy atom. The van der Waals surface area contributed by atoms with Gasteiger partial charge in [0.1, 0.15) is 0 Å². The molecule has 9 heteroatoms. The number of alkyl halides is 3. The molecule has 0 aliphatic heterocycles. The highest BCUT2D eigenvalue weighted by Gasteiger charge is 2.35. The summed E-state index contributed by atoms with van der Waals surface area (Å²) in [6.07, 6.45) is -4.29. The van der Waals surface area contributed by atoms with Crippen LogP contribution in [0.2, 0.25) is 0 Å². The van der Waals surface area contributed by atoms with Gasteiger partial charge in [-0.3, -0.25) is 14.4 Å². The number of amides is 1. The first-order valence-electron chi connectivity index (χ1n) is 8.01. The van der Waals surface area contributed by atoms with Gasteiger partial charge in [0.25, 0.3) is 5.91 Å². The summed E-state index contributed by atoms with van der Waals surface area (Å²) in [4.78, 5) is 36.9. The van der Waals surface area contributed by atoms with Gasteiger partial charge < -0.3 is 15.0 Å². The molecule has 0 atom stereocenters. The zero-order valence-electron chi connectivity index (χ0n) is 15.3. The fourth-order valence-corrected chi connectivity index (χ4v) is 2.63. The molecule has 2 aromatic carbocycles. The molecule has 0 bridgehead atoms. The molecule has 0 aromatic heterocycles. The van der Waals surface area contributed by atoms with Crippen molar-refractivity contribution in [2.24, 2.45) is 0 Å². The number of carbonyl (C=O) groups excluding carboxylic acids is 3. The minimum absolute atomic E-state index is 0.0171. The number of benzene rings is 2. The van der Waals surface area contributed by atoms with E-state index in [1.807, 2.05) is 0 Å². The van der Waals surface area contributed by atoms with Crippen molar-refractivity contribution in [1.29, 1.82) is 0 Å². The highest BCUT2D eigenvalue weighted by atomic mass is 19.4. The highest BCUT2D eigenvalue weighted by Crippen LogP contribution is 2.36. The van der Waals surface area contributed by atoms with E-state index in [0.717, 1.165) is 12.1 Å². The van der Waals surface area contributed by atoms with Crippen molar-refractivity contribution >= 4 is 29.5 Å². The second-order valence-electron chi connectivity index (χ2n) is 5.98. The highest BCUT2D eigenvalue weighted by molar-refractivity contribution is 6.09. The van der Waals surface area contributed by atoms with Crippen LogP contribution in [0.5, 0.6) is 5.75 Å². The molecule has 0 spiro atoms. The van der Waals surface area contributed by atoms with Gasteiger partial charge in [-0.05, 0) is 24.3 Å². The summed E-state index contributed by atoms with van der Waals surface area (Å²) < 4.78 is 44.5. The molecule has 28 heavy (non-hydrogen) atoms. The smallest absolute Gasteiger partial charge is 0.417 e. The second-order valence-corrected chi connectivity index (χ2v) is 5.98. The van der Waals surface area contributed by atoms with Crippen LogP contribution in [0.15, 0.2) is 36.4 Å². The topological polar surface area (TPSA) is 75.7 Å². The SMILES string of the molecule is CC(=O)Oc1ccc(NC(=O)c2ccccc2C(F)(F)F)c(C=O)c1N(C)C. The fraction of sp³-hybridized carbons (Fsp3) is 0.211. The van der Waals surface area contributed by atoms with Crippen molar-refractivity contribution in [3.8, 4) is 5.75 Å². The molecule has 2 rings (SSSR count). The first-order valence-corrected chi connectivity index (χ1v) is 8.01. The van der Waals surface area contributed by atoms with Crippen molar-refractivity contribution in [3.05, 3.63) is 53.1 Å². The van der Waals surface area contributed by atoms with Crippen molar-refractivity contribution < 1.29 is 32.3 Å². The quantitative estimate of drug-likeness (QED) is 0.475. The number of aldehydes is 1. The third-order valence-corrected chi connectivity index (χ3v) is 3.72. The molecule has 6 nitrogen and oxygen atoms in total. The molecule has 1 amide bonds. The first kappa shape index (κ1) is 20.9. The summed E-state index contributed by atoms with van der Waals surface area (Å²) in [5.41, 5.74) is -1.53. The maximum atomic E-state index is 13.1. The minimum atomic E-state index is -4.71. The first-order chi connectivity index (χ1) is 13.1. The predicted molar refractivity (Wildman–Crippen MR) is 96.9 cm³/mol. The Morgan fingerprint density at radius 2 is 1.75 bits per heavy atom. The second kappa shape index (κ2) is 8.12. The summed E-state index contributed by atoms with van der Waals surface area (Å²) in [7, 11) is 3.17. The average molecular weight is 394 g/mol. The van der Waals surface area contributed by atoms with Crippen molar-refractivity contribution in [3.63, 3.8) is 0 Å². The van der Waals surface area contributed by atoms with Crippen molar-refractivity contribution in [2.45, 2.75) is 13.1 Å². The van der Waals surface area contributed by atoms with Crippen LogP contribution in [-0.2, 0) is 11.0 Å². The normalized spacial score (nSPS) is 10.9. The number of carbonyl (C=O) groups is 3. The Morgan fingerprint density at radius 3 is 2.29 bits per heavy atom. The molecule has 0 aliphatic carbocycles. The lowest BCUT2D eigenvalue weighted by molar-refractivity contribution is -0.138. The zero-order chi connectivity index (χ0) is 21.1. The van der Waals surface area contributed by atoms with E-state index in [1.165, 1.54) is 36.1 Å². The lowest BCUT2D eigenvalue weighted by atomic mass is 10.1. The molecule has 0 saturated heterocycles. The van der Waals surface area contributed by atoms with Crippen LogP contribution in [0.25, 0.3) is 0 Å². The molecule has 148 valence electrons. The molecule has 0 fully saturated rings. The maximum absolute atomic E-state index is 13.1. The summed E-state index contributed by atoms with van der Waals surface area (Å²) >= 11 is 0. The Bertz CT molecular complexity index is 924. The van der Waals surface area contributed by atoms with Crippen LogP contribution in [0.3, 0.4) is 0 Å². The van der Waals surface area contributed by atoms with E-state index in [9.17, 15) is 27.6 Å².